The molecule has 3 aromatic rings. The van der Waals surface area contributed by atoms with Crippen LogP contribution < -0.4 is 15.4 Å². The number of aromatic nitrogens is 3. The SMILES string of the molecule is CCNC(=O)Nc1ccc2ncc(/C(C)=C/N(C)Cc3ccc(OC(F)F)cc3)nc2n1. The standard InChI is InChI=1S/C22H24F2N6O2/c1-4-25-22(31)29-19-10-9-17-20(28-19)27-18(11-26-17)14(2)12-30(3)13-15-5-7-16(8-6-15)32-21(23)24/h5-12,21H,4,13H2,1-3H3,(H2,25,27,28,29,31)/b14-12+. The summed E-state index contributed by atoms with van der Waals surface area (Å²) in [6, 6.07) is 9.57. The summed E-state index contributed by atoms with van der Waals surface area (Å²) in [5, 5.41) is 5.30. The highest BCUT2D eigenvalue weighted by molar-refractivity contribution is 5.89. The van der Waals surface area contributed by atoms with Crippen molar-refractivity contribution in [2.24, 2.45) is 0 Å². The maximum absolute atomic E-state index is 12.3. The minimum atomic E-state index is -2.84. The predicted molar refractivity (Wildman–Crippen MR) is 118 cm³/mol. The molecule has 2 amide bonds. The van der Waals surface area contributed by atoms with Crippen molar-refractivity contribution >= 4 is 28.6 Å². The number of hydrogen-bond acceptors (Lipinski definition) is 6. The number of benzene rings is 1. The van der Waals surface area contributed by atoms with Crippen molar-refractivity contribution in [3.8, 4) is 5.75 Å². The first-order valence-corrected chi connectivity index (χ1v) is 9.95. The van der Waals surface area contributed by atoms with E-state index in [4.69, 9.17) is 0 Å². The van der Waals surface area contributed by atoms with Crippen LogP contribution in [0.5, 0.6) is 5.75 Å². The molecule has 0 aliphatic rings. The number of ether oxygens (including phenoxy) is 1. The summed E-state index contributed by atoms with van der Waals surface area (Å²) in [5.41, 5.74) is 3.48. The zero-order valence-electron chi connectivity index (χ0n) is 18.0. The summed E-state index contributed by atoms with van der Waals surface area (Å²) in [4.78, 5) is 27.0. The first kappa shape index (κ1) is 22.9. The number of hydrogen-bond donors (Lipinski definition) is 2. The number of alkyl halides is 2. The molecule has 2 heterocycles. The number of amides is 2. The second kappa shape index (κ2) is 10.5. The molecule has 0 saturated heterocycles. The van der Waals surface area contributed by atoms with Gasteiger partial charge in [0.2, 0.25) is 0 Å². The Morgan fingerprint density at radius 1 is 1.19 bits per heavy atom. The van der Waals surface area contributed by atoms with E-state index in [2.05, 4.69) is 30.3 Å². The van der Waals surface area contributed by atoms with Crippen molar-refractivity contribution in [3.05, 3.63) is 60.1 Å². The lowest BCUT2D eigenvalue weighted by Crippen LogP contribution is -2.28. The van der Waals surface area contributed by atoms with Crippen LogP contribution >= 0.6 is 0 Å². The van der Waals surface area contributed by atoms with Crippen molar-refractivity contribution in [2.45, 2.75) is 27.0 Å². The third-order valence-electron chi connectivity index (χ3n) is 4.38. The Morgan fingerprint density at radius 3 is 2.62 bits per heavy atom. The Morgan fingerprint density at radius 2 is 1.94 bits per heavy atom. The fraction of sp³-hybridized carbons (Fsp3) is 0.273. The van der Waals surface area contributed by atoms with Gasteiger partial charge in [-0.15, -0.1) is 0 Å². The van der Waals surface area contributed by atoms with Crippen molar-refractivity contribution in [3.63, 3.8) is 0 Å². The first-order valence-electron chi connectivity index (χ1n) is 9.95. The Hall–Kier alpha value is -3.82. The first-order chi connectivity index (χ1) is 15.3. The number of carbonyl (C=O) groups is 1. The fourth-order valence-electron chi connectivity index (χ4n) is 2.99. The van der Waals surface area contributed by atoms with E-state index in [1.807, 2.05) is 32.0 Å². The number of nitrogens with one attached hydrogen (secondary N) is 2. The molecule has 0 bridgehead atoms. The quantitative estimate of drug-likeness (QED) is 0.542. The monoisotopic (exact) mass is 442 g/mol. The molecular formula is C22H24F2N6O2. The maximum Gasteiger partial charge on any atom is 0.387 e. The molecule has 1 aromatic carbocycles. The van der Waals surface area contributed by atoms with Crippen LogP contribution in [0.2, 0.25) is 0 Å². The van der Waals surface area contributed by atoms with Crippen LogP contribution in [-0.4, -0.2) is 46.1 Å². The van der Waals surface area contributed by atoms with Crippen molar-refractivity contribution in [2.75, 3.05) is 18.9 Å². The van der Waals surface area contributed by atoms with Gasteiger partial charge < -0.3 is 15.0 Å². The molecule has 8 nitrogen and oxygen atoms in total. The molecule has 168 valence electrons. The largest absolute Gasteiger partial charge is 0.435 e. The van der Waals surface area contributed by atoms with E-state index in [0.29, 0.717) is 35.8 Å². The zero-order chi connectivity index (χ0) is 23.1. The number of pyridine rings is 1. The Balaban J connectivity index is 1.71. The highest BCUT2D eigenvalue weighted by Gasteiger charge is 2.08. The normalized spacial score (nSPS) is 11.5. The van der Waals surface area contributed by atoms with E-state index in [9.17, 15) is 13.6 Å². The van der Waals surface area contributed by atoms with E-state index in [0.717, 1.165) is 11.1 Å². The average Bonchev–Trinajstić information content (AvgIpc) is 2.74. The lowest BCUT2D eigenvalue weighted by Gasteiger charge is -2.16. The summed E-state index contributed by atoms with van der Waals surface area (Å²) >= 11 is 0. The molecule has 0 aliphatic heterocycles. The van der Waals surface area contributed by atoms with Crippen LogP contribution in [-0.2, 0) is 6.54 Å². The summed E-state index contributed by atoms with van der Waals surface area (Å²) in [6.07, 6.45) is 3.58. The third kappa shape index (κ3) is 6.34. The van der Waals surface area contributed by atoms with Crippen LogP contribution in [0.4, 0.5) is 19.4 Å². The molecule has 0 radical (unpaired) electrons. The van der Waals surface area contributed by atoms with Crippen LogP contribution in [0.15, 0.2) is 48.8 Å². The number of carbonyl (C=O) groups excluding carboxylic acids is 1. The Labute approximate surface area is 184 Å². The summed E-state index contributed by atoms with van der Waals surface area (Å²) in [7, 11) is 1.90. The lowest BCUT2D eigenvalue weighted by atomic mass is 10.2. The van der Waals surface area contributed by atoms with Gasteiger partial charge in [-0.25, -0.2) is 14.8 Å². The van der Waals surface area contributed by atoms with Crippen molar-refractivity contribution < 1.29 is 18.3 Å². The van der Waals surface area contributed by atoms with Gasteiger partial charge in [0.25, 0.3) is 0 Å². The average molecular weight is 442 g/mol. The van der Waals surface area contributed by atoms with Gasteiger partial charge in [-0.3, -0.25) is 10.3 Å². The van der Waals surface area contributed by atoms with E-state index in [1.165, 1.54) is 12.1 Å². The number of halogens is 2. The minimum absolute atomic E-state index is 0.123. The molecule has 0 fully saturated rings. The number of urea groups is 1. The lowest BCUT2D eigenvalue weighted by molar-refractivity contribution is -0.0498. The van der Waals surface area contributed by atoms with E-state index >= 15 is 0 Å². The van der Waals surface area contributed by atoms with E-state index < -0.39 is 6.61 Å². The van der Waals surface area contributed by atoms with Crippen LogP contribution in [0.25, 0.3) is 16.7 Å². The van der Waals surface area contributed by atoms with Gasteiger partial charge in [-0.1, -0.05) is 12.1 Å². The Kier molecular flexibility index (Phi) is 7.48. The van der Waals surface area contributed by atoms with E-state index in [-0.39, 0.29) is 11.8 Å². The number of anilines is 1. The molecule has 0 unspecified atom stereocenters. The molecule has 3 rings (SSSR count). The van der Waals surface area contributed by atoms with Gasteiger partial charge >= 0.3 is 12.6 Å². The molecule has 10 heteroatoms. The number of allylic oxidation sites excluding steroid dienone is 1. The molecular weight excluding hydrogens is 418 g/mol. The molecule has 2 aromatic heterocycles. The molecule has 0 atom stereocenters. The number of nitrogens with zero attached hydrogens (tertiary/aromatic N) is 4. The smallest absolute Gasteiger partial charge is 0.387 e. The van der Waals surface area contributed by atoms with Crippen molar-refractivity contribution in [1.29, 1.82) is 0 Å². The van der Waals surface area contributed by atoms with E-state index in [1.54, 1.807) is 30.5 Å². The van der Waals surface area contributed by atoms with Crippen LogP contribution in [0.3, 0.4) is 0 Å². The van der Waals surface area contributed by atoms with Crippen molar-refractivity contribution in [1.82, 2.24) is 25.2 Å². The van der Waals surface area contributed by atoms with Crippen LogP contribution in [0.1, 0.15) is 25.1 Å². The fourth-order valence-corrected chi connectivity index (χ4v) is 2.99. The van der Waals surface area contributed by atoms with Gasteiger partial charge in [0, 0.05) is 26.3 Å². The van der Waals surface area contributed by atoms with Gasteiger partial charge in [-0.05, 0) is 49.2 Å². The maximum atomic E-state index is 12.3. The molecule has 2 N–H and O–H groups in total. The molecule has 32 heavy (non-hydrogen) atoms. The number of rotatable bonds is 8. The summed E-state index contributed by atoms with van der Waals surface area (Å²) < 4.78 is 28.9. The second-order valence-electron chi connectivity index (χ2n) is 7.03. The molecule has 0 spiro atoms. The van der Waals surface area contributed by atoms with Crippen LogP contribution in [0, 0.1) is 0 Å². The summed E-state index contributed by atoms with van der Waals surface area (Å²) in [5.74, 6) is 0.506. The second-order valence-corrected chi connectivity index (χ2v) is 7.03. The topological polar surface area (TPSA) is 92.3 Å². The third-order valence-corrected chi connectivity index (χ3v) is 4.38. The Bertz CT molecular complexity index is 1110. The zero-order valence-corrected chi connectivity index (χ0v) is 18.0. The van der Waals surface area contributed by atoms with Gasteiger partial charge in [-0.2, -0.15) is 8.78 Å². The predicted octanol–water partition coefficient (Wildman–Crippen LogP) is 4.26. The number of fused-ring (bicyclic) bond motifs is 1. The highest BCUT2D eigenvalue weighted by atomic mass is 19.3. The van der Waals surface area contributed by atoms with Gasteiger partial charge in [0.1, 0.15) is 17.1 Å². The summed E-state index contributed by atoms with van der Waals surface area (Å²) in [6.45, 7) is 1.96. The van der Waals surface area contributed by atoms with Gasteiger partial charge in [0.15, 0.2) is 5.65 Å². The minimum Gasteiger partial charge on any atom is -0.435 e. The highest BCUT2D eigenvalue weighted by Crippen LogP contribution is 2.18. The van der Waals surface area contributed by atoms with Gasteiger partial charge in [0.05, 0.1) is 11.9 Å². The molecule has 0 saturated carbocycles. The molecule has 0 aliphatic carbocycles.